The van der Waals surface area contributed by atoms with Gasteiger partial charge in [0.25, 0.3) is 5.91 Å². The van der Waals surface area contributed by atoms with Crippen LogP contribution < -0.4 is 14.2 Å². The summed E-state index contributed by atoms with van der Waals surface area (Å²) in [5.74, 6) is 1.27. The lowest BCUT2D eigenvalue weighted by atomic mass is 10.1. The van der Waals surface area contributed by atoms with Gasteiger partial charge in [-0.05, 0) is 24.6 Å². The third-order valence-corrected chi connectivity index (χ3v) is 4.09. The number of ether oxygens (including phenoxy) is 3. The standard InChI is InChI=1S/C19H23NO4/c1-13(14-9-7-6-8-10-14)20(2)19(21)15-11-16(22-3)18(24-5)17(12-15)23-4/h6-13H,1-5H3. The first kappa shape index (κ1) is 17.7. The molecule has 2 rings (SSSR count). The predicted octanol–water partition coefficient (Wildman–Crippen LogP) is 3.55. The van der Waals surface area contributed by atoms with Crippen molar-refractivity contribution >= 4 is 5.91 Å². The average Bonchev–Trinajstić information content (AvgIpc) is 2.65. The molecule has 24 heavy (non-hydrogen) atoms. The summed E-state index contributed by atoms with van der Waals surface area (Å²) in [5, 5.41) is 0. The molecule has 2 aromatic rings. The van der Waals surface area contributed by atoms with Crippen molar-refractivity contribution in [2.75, 3.05) is 28.4 Å². The number of amides is 1. The fourth-order valence-electron chi connectivity index (χ4n) is 2.54. The van der Waals surface area contributed by atoms with Crippen LogP contribution in [-0.4, -0.2) is 39.2 Å². The maximum atomic E-state index is 12.9. The Kier molecular flexibility index (Phi) is 5.68. The van der Waals surface area contributed by atoms with E-state index in [1.54, 1.807) is 24.1 Å². The molecule has 128 valence electrons. The smallest absolute Gasteiger partial charge is 0.254 e. The maximum absolute atomic E-state index is 12.9. The van der Waals surface area contributed by atoms with Crippen LogP contribution in [0.3, 0.4) is 0 Å². The molecule has 5 heteroatoms. The number of benzene rings is 2. The van der Waals surface area contributed by atoms with Crippen LogP contribution in [0.15, 0.2) is 42.5 Å². The molecule has 0 aliphatic carbocycles. The highest BCUT2D eigenvalue weighted by Crippen LogP contribution is 2.38. The van der Waals surface area contributed by atoms with Gasteiger partial charge in [-0.25, -0.2) is 0 Å². The zero-order valence-electron chi connectivity index (χ0n) is 14.7. The Hall–Kier alpha value is -2.69. The highest BCUT2D eigenvalue weighted by atomic mass is 16.5. The summed E-state index contributed by atoms with van der Waals surface area (Å²) >= 11 is 0. The van der Waals surface area contributed by atoms with E-state index in [0.29, 0.717) is 22.8 Å². The van der Waals surface area contributed by atoms with Crippen molar-refractivity contribution in [1.82, 2.24) is 4.90 Å². The van der Waals surface area contributed by atoms with Crippen LogP contribution in [0.25, 0.3) is 0 Å². The summed E-state index contributed by atoms with van der Waals surface area (Å²) in [7, 11) is 6.37. The topological polar surface area (TPSA) is 48.0 Å². The Morgan fingerprint density at radius 3 is 1.96 bits per heavy atom. The largest absolute Gasteiger partial charge is 0.493 e. The number of nitrogens with zero attached hydrogens (tertiary/aromatic N) is 1. The van der Waals surface area contributed by atoms with Crippen molar-refractivity contribution in [3.05, 3.63) is 53.6 Å². The van der Waals surface area contributed by atoms with Gasteiger partial charge < -0.3 is 19.1 Å². The lowest BCUT2D eigenvalue weighted by Gasteiger charge is -2.26. The monoisotopic (exact) mass is 329 g/mol. The molecule has 0 spiro atoms. The predicted molar refractivity (Wildman–Crippen MR) is 93.0 cm³/mol. The summed E-state index contributed by atoms with van der Waals surface area (Å²) in [4.78, 5) is 14.6. The highest BCUT2D eigenvalue weighted by molar-refractivity contribution is 5.95. The molecule has 2 aromatic carbocycles. The SMILES string of the molecule is COc1cc(C(=O)N(C)C(C)c2ccccc2)cc(OC)c1OC. The van der Waals surface area contributed by atoms with E-state index in [0.717, 1.165) is 5.56 Å². The first-order valence-electron chi connectivity index (χ1n) is 7.65. The summed E-state index contributed by atoms with van der Waals surface area (Å²) < 4.78 is 15.9. The van der Waals surface area contributed by atoms with Crippen LogP contribution >= 0.6 is 0 Å². The van der Waals surface area contributed by atoms with Gasteiger partial charge in [-0.2, -0.15) is 0 Å². The minimum Gasteiger partial charge on any atom is -0.493 e. The van der Waals surface area contributed by atoms with Crippen LogP contribution in [0.2, 0.25) is 0 Å². The molecule has 1 atom stereocenters. The van der Waals surface area contributed by atoms with Gasteiger partial charge in [-0.3, -0.25) is 4.79 Å². The Morgan fingerprint density at radius 1 is 0.958 bits per heavy atom. The number of rotatable bonds is 6. The van der Waals surface area contributed by atoms with Gasteiger partial charge in [0.2, 0.25) is 5.75 Å². The van der Waals surface area contributed by atoms with Gasteiger partial charge in [-0.1, -0.05) is 30.3 Å². The first-order valence-corrected chi connectivity index (χ1v) is 7.65. The molecule has 0 heterocycles. The summed E-state index contributed by atoms with van der Waals surface area (Å²) in [6.07, 6.45) is 0. The van der Waals surface area contributed by atoms with Crippen molar-refractivity contribution in [3.63, 3.8) is 0 Å². The Bertz CT molecular complexity index is 675. The molecular formula is C19H23NO4. The molecule has 0 N–H and O–H groups in total. The number of hydrogen-bond acceptors (Lipinski definition) is 4. The number of carbonyl (C=O) groups excluding carboxylic acids is 1. The molecule has 0 aliphatic heterocycles. The van der Waals surface area contributed by atoms with E-state index in [-0.39, 0.29) is 11.9 Å². The van der Waals surface area contributed by atoms with Gasteiger partial charge in [0.15, 0.2) is 11.5 Å². The number of methoxy groups -OCH3 is 3. The minimum atomic E-state index is -0.120. The van der Waals surface area contributed by atoms with Crippen molar-refractivity contribution in [3.8, 4) is 17.2 Å². The second-order valence-electron chi connectivity index (χ2n) is 5.42. The first-order chi connectivity index (χ1) is 11.5. The second-order valence-corrected chi connectivity index (χ2v) is 5.42. The average molecular weight is 329 g/mol. The molecular weight excluding hydrogens is 306 g/mol. The van der Waals surface area contributed by atoms with E-state index in [2.05, 4.69) is 0 Å². The van der Waals surface area contributed by atoms with E-state index in [4.69, 9.17) is 14.2 Å². The molecule has 0 aromatic heterocycles. The molecule has 1 amide bonds. The van der Waals surface area contributed by atoms with Crippen LogP contribution in [0.1, 0.15) is 28.9 Å². The van der Waals surface area contributed by atoms with Gasteiger partial charge >= 0.3 is 0 Å². The van der Waals surface area contributed by atoms with Crippen molar-refractivity contribution in [1.29, 1.82) is 0 Å². The zero-order chi connectivity index (χ0) is 17.7. The van der Waals surface area contributed by atoms with Gasteiger partial charge in [0.05, 0.1) is 27.4 Å². The van der Waals surface area contributed by atoms with Gasteiger partial charge in [0.1, 0.15) is 0 Å². The van der Waals surface area contributed by atoms with Gasteiger partial charge in [0, 0.05) is 12.6 Å². The molecule has 0 saturated carbocycles. The lowest BCUT2D eigenvalue weighted by molar-refractivity contribution is 0.0741. The van der Waals surface area contributed by atoms with E-state index in [9.17, 15) is 4.79 Å². The van der Waals surface area contributed by atoms with Crippen LogP contribution in [-0.2, 0) is 0 Å². The normalized spacial score (nSPS) is 11.5. The Morgan fingerprint density at radius 2 is 1.50 bits per heavy atom. The van der Waals surface area contributed by atoms with Crippen LogP contribution in [0, 0.1) is 0 Å². The quantitative estimate of drug-likeness (QED) is 0.813. The van der Waals surface area contributed by atoms with Crippen molar-refractivity contribution in [2.24, 2.45) is 0 Å². The summed E-state index contributed by atoms with van der Waals surface area (Å²) in [6.45, 7) is 1.99. The zero-order valence-corrected chi connectivity index (χ0v) is 14.7. The molecule has 1 unspecified atom stereocenters. The fourth-order valence-corrected chi connectivity index (χ4v) is 2.54. The maximum Gasteiger partial charge on any atom is 0.254 e. The lowest BCUT2D eigenvalue weighted by Crippen LogP contribution is -2.29. The second kappa shape index (κ2) is 7.73. The van der Waals surface area contributed by atoms with Crippen LogP contribution in [0.5, 0.6) is 17.2 Å². The summed E-state index contributed by atoms with van der Waals surface area (Å²) in [5.41, 5.74) is 1.55. The van der Waals surface area contributed by atoms with E-state index in [1.165, 1.54) is 21.3 Å². The Labute approximate surface area is 142 Å². The van der Waals surface area contributed by atoms with E-state index >= 15 is 0 Å². The third kappa shape index (κ3) is 3.45. The molecule has 0 fully saturated rings. The van der Waals surface area contributed by atoms with Crippen LogP contribution in [0.4, 0.5) is 0 Å². The molecule has 0 aliphatic rings. The third-order valence-electron chi connectivity index (χ3n) is 4.09. The number of carbonyl (C=O) groups is 1. The molecule has 0 bridgehead atoms. The van der Waals surface area contributed by atoms with E-state index in [1.807, 2.05) is 37.3 Å². The summed E-state index contributed by atoms with van der Waals surface area (Å²) in [6, 6.07) is 13.2. The fraction of sp³-hybridized carbons (Fsp3) is 0.316. The van der Waals surface area contributed by atoms with Gasteiger partial charge in [-0.15, -0.1) is 0 Å². The van der Waals surface area contributed by atoms with Crippen molar-refractivity contribution < 1.29 is 19.0 Å². The Balaban J connectivity index is 2.35. The van der Waals surface area contributed by atoms with Crippen molar-refractivity contribution in [2.45, 2.75) is 13.0 Å². The highest BCUT2D eigenvalue weighted by Gasteiger charge is 2.22. The minimum absolute atomic E-state index is 0.0576. The molecule has 0 radical (unpaired) electrons. The van der Waals surface area contributed by atoms with E-state index < -0.39 is 0 Å². The molecule has 0 saturated heterocycles. The number of hydrogen-bond donors (Lipinski definition) is 0. The molecule has 5 nitrogen and oxygen atoms in total.